The molecule has 0 spiro atoms. The van der Waals surface area contributed by atoms with E-state index in [0.717, 1.165) is 19.3 Å². The lowest BCUT2D eigenvalue weighted by atomic mass is 10.1. The first kappa shape index (κ1) is 23.5. The number of benzene rings is 2. The summed E-state index contributed by atoms with van der Waals surface area (Å²) in [7, 11) is -3.64. The van der Waals surface area contributed by atoms with Crippen molar-refractivity contribution in [1.29, 1.82) is 0 Å². The fourth-order valence-electron chi connectivity index (χ4n) is 3.44. The Labute approximate surface area is 188 Å². The minimum atomic E-state index is -3.64. The SMILES string of the molecule is C=CCNC(=O)Nc1ccc(NC(=O)c2ccc(C)c(S(=O)(=O)N3CCCCC3)c2)cc1. The largest absolute Gasteiger partial charge is 0.334 e. The van der Waals surface area contributed by atoms with Crippen LogP contribution < -0.4 is 16.0 Å². The minimum Gasteiger partial charge on any atom is -0.334 e. The third-order valence-corrected chi connectivity index (χ3v) is 7.23. The molecule has 1 fully saturated rings. The summed E-state index contributed by atoms with van der Waals surface area (Å²) in [5, 5.41) is 8.03. The Morgan fingerprint density at radius 2 is 1.62 bits per heavy atom. The highest BCUT2D eigenvalue weighted by Crippen LogP contribution is 2.25. The number of nitrogens with one attached hydrogen (secondary N) is 3. The molecule has 0 aromatic heterocycles. The monoisotopic (exact) mass is 456 g/mol. The van der Waals surface area contributed by atoms with E-state index in [1.807, 2.05) is 0 Å². The molecule has 2 aromatic carbocycles. The number of aryl methyl sites for hydroxylation is 1. The van der Waals surface area contributed by atoms with Gasteiger partial charge in [0.05, 0.1) is 4.90 Å². The summed E-state index contributed by atoms with van der Waals surface area (Å²) in [6, 6.07) is 11.0. The molecule has 0 bridgehead atoms. The Kier molecular flexibility index (Phi) is 7.66. The molecule has 170 valence electrons. The van der Waals surface area contributed by atoms with Crippen molar-refractivity contribution in [1.82, 2.24) is 9.62 Å². The number of rotatable bonds is 7. The summed E-state index contributed by atoms with van der Waals surface area (Å²) >= 11 is 0. The molecule has 1 saturated heterocycles. The lowest BCUT2D eigenvalue weighted by molar-refractivity contribution is 0.102. The van der Waals surface area contributed by atoms with Gasteiger partial charge in [0, 0.05) is 36.6 Å². The zero-order valence-electron chi connectivity index (χ0n) is 18.1. The van der Waals surface area contributed by atoms with E-state index in [0.29, 0.717) is 36.6 Å². The third-order valence-electron chi connectivity index (χ3n) is 5.19. The Bertz CT molecular complexity index is 1090. The van der Waals surface area contributed by atoms with Crippen molar-refractivity contribution in [3.63, 3.8) is 0 Å². The predicted molar refractivity (Wildman–Crippen MR) is 125 cm³/mol. The molecule has 1 aliphatic heterocycles. The van der Waals surface area contributed by atoms with Crippen LogP contribution in [0.3, 0.4) is 0 Å². The highest BCUT2D eigenvalue weighted by Gasteiger charge is 2.28. The smallest absolute Gasteiger partial charge is 0.319 e. The van der Waals surface area contributed by atoms with Gasteiger partial charge in [0.25, 0.3) is 5.91 Å². The van der Waals surface area contributed by atoms with Crippen molar-refractivity contribution in [2.45, 2.75) is 31.1 Å². The molecule has 3 rings (SSSR count). The van der Waals surface area contributed by atoms with E-state index in [4.69, 9.17) is 0 Å². The first-order valence-corrected chi connectivity index (χ1v) is 11.9. The topological polar surface area (TPSA) is 108 Å². The number of anilines is 2. The normalized spacial score (nSPS) is 14.4. The average molecular weight is 457 g/mol. The zero-order valence-corrected chi connectivity index (χ0v) is 18.9. The molecule has 8 nitrogen and oxygen atoms in total. The number of nitrogens with zero attached hydrogens (tertiary/aromatic N) is 1. The van der Waals surface area contributed by atoms with E-state index < -0.39 is 15.9 Å². The Morgan fingerprint density at radius 3 is 2.25 bits per heavy atom. The molecule has 2 aromatic rings. The minimum absolute atomic E-state index is 0.164. The molecule has 3 N–H and O–H groups in total. The van der Waals surface area contributed by atoms with Crippen LogP contribution in [0, 0.1) is 6.92 Å². The zero-order chi connectivity index (χ0) is 23.1. The molecule has 3 amide bonds. The van der Waals surface area contributed by atoms with E-state index in [1.165, 1.54) is 10.4 Å². The van der Waals surface area contributed by atoms with E-state index in [1.54, 1.807) is 49.4 Å². The van der Waals surface area contributed by atoms with Crippen LogP contribution in [0.1, 0.15) is 35.2 Å². The Hall–Kier alpha value is -3.17. The van der Waals surface area contributed by atoms with E-state index in [2.05, 4.69) is 22.5 Å². The maximum absolute atomic E-state index is 13.1. The fraction of sp³-hybridized carbons (Fsp3) is 0.304. The predicted octanol–water partition coefficient (Wildman–Crippen LogP) is 3.73. The quantitative estimate of drug-likeness (QED) is 0.552. The summed E-state index contributed by atoms with van der Waals surface area (Å²) in [5.74, 6) is -0.412. The van der Waals surface area contributed by atoms with Gasteiger partial charge in [0.15, 0.2) is 0 Å². The van der Waals surface area contributed by atoms with Crippen LogP contribution in [0.25, 0.3) is 0 Å². The lowest BCUT2D eigenvalue weighted by Gasteiger charge is -2.26. The standard InChI is InChI=1S/C23H28N4O4S/c1-3-13-24-23(29)26-20-11-9-19(10-12-20)25-22(28)18-8-7-17(2)21(16-18)32(30,31)27-14-5-4-6-15-27/h3,7-12,16H,1,4-6,13-15H2,2H3,(H,25,28)(H2,24,26,29). The maximum atomic E-state index is 13.1. The number of hydrogen-bond acceptors (Lipinski definition) is 4. The number of amides is 3. The Balaban J connectivity index is 1.71. The van der Waals surface area contributed by atoms with Crippen molar-refractivity contribution in [2.24, 2.45) is 0 Å². The molecule has 0 radical (unpaired) electrons. The van der Waals surface area contributed by atoms with Crippen LogP contribution in [0.4, 0.5) is 16.2 Å². The van der Waals surface area contributed by atoms with Crippen molar-refractivity contribution < 1.29 is 18.0 Å². The van der Waals surface area contributed by atoms with Gasteiger partial charge in [0.1, 0.15) is 0 Å². The summed E-state index contributed by atoms with van der Waals surface area (Å²) in [6.45, 7) is 6.63. The second-order valence-electron chi connectivity index (χ2n) is 7.60. The molecule has 1 heterocycles. The van der Waals surface area contributed by atoms with Gasteiger partial charge in [-0.2, -0.15) is 4.31 Å². The molecule has 0 aliphatic carbocycles. The van der Waals surface area contributed by atoms with Gasteiger partial charge in [-0.3, -0.25) is 4.79 Å². The van der Waals surface area contributed by atoms with Gasteiger partial charge < -0.3 is 16.0 Å². The number of urea groups is 1. The lowest BCUT2D eigenvalue weighted by Crippen LogP contribution is -2.36. The number of sulfonamides is 1. The Morgan fingerprint density at radius 1 is 1.00 bits per heavy atom. The van der Waals surface area contributed by atoms with E-state index in [-0.39, 0.29) is 16.5 Å². The summed E-state index contributed by atoms with van der Waals surface area (Å²) in [6.07, 6.45) is 4.30. The van der Waals surface area contributed by atoms with Gasteiger partial charge in [-0.05, 0) is 61.7 Å². The van der Waals surface area contributed by atoms with Crippen LogP contribution in [0.15, 0.2) is 60.0 Å². The summed E-state index contributed by atoms with van der Waals surface area (Å²) in [5.41, 5.74) is 1.96. The number of piperidine rings is 1. The van der Waals surface area contributed by atoms with E-state index >= 15 is 0 Å². The summed E-state index contributed by atoms with van der Waals surface area (Å²) < 4.78 is 27.7. The van der Waals surface area contributed by atoms with Crippen LogP contribution >= 0.6 is 0 Å². The van der Waals surface area contributed by atoms with Crippen molar-refractivity contribution in [3.8, 4) is 0 Å². The molecule has 0 atom stereocenters. The van der Waals surface area contributed by atoms with Crippen LogP contribution in [0.5, 0.6) is 0 Å². The van der Waals surface area contributed by atoms with Gasteiger partial charge in [0.2, 0.25) is 10.0 Å². The first-order valence-electron chi connectivity index (χ1n) is 10.5. The molecule has 0 unspecified atom stereocenters. The summed E-state index contributed by atoms with van der Waals surface area (Å²) in [4.78, 5) is 24.6. The molecular formula is C23H28N4O4S. The van der Waals surface area contributed by atoms with Gasteiger partial charge >= 0.3 is 6.03 Å². The van der Waals surface area contributed by atoms with Crippen molar-refractivity contribution in [2.75, 3.05) is 30.3 Å². The average Bonchev–Trinajstić information content (AvgIpc) is 2.79. The molecular weight excluding hydrogens is 428 g/mol. The van der Waals surface area contributed by atoms with Crippen molar-refractivity contribution >= 4 is 33.3 Å². The number of carbonyl (C=O) groups excluding carboxylic acids is 2. The van der Waals surface area contributed by atoms with Gasteiger partial charge in [-0.25, -0.2) is 13.2 Å². The first-order chi connectivity index (χ1) is 15.3. The molecule has 1 aliphatic rings. The molecule has 9 heteroatoms. The highest BCUT2D eigenvalue weighted by molar-refractivity contribution is 7.89. The third kappa shape index (κ3) is 5.74. The second kappa shape index (κ2) is 10.4. The fourth-order valence-corrected chi connectivity index (χ4v) is 5.21. The molecule has 32 heavy (non-hydrogen) atoms. The second-order valence-corrected chi connectivity index (χ2v) is 9.51. The van der Waals surface area contributed by atoms with E-state index in [9.17, 15) is 18.0 Å². The van der Waals surface area contributed by atoms with Crippen LogP contribution in [-0.4, -0.2) is 44.3 Å². The van der Waals surface area contributed by atoms with Crippen LogP contribution in [-0.2, 0) is 10.0 Å². The van der Waals surface area contributed by atoms with Crippen LogP contribution in [0.2, 0.25) is 0 Å². The maximum Gasteiger partial charge on any atom is 0.319 e. The number of hydrogen-bond donors (Lipinski definition) is 3. The number of carbonyl (C=O) groups is 2. The van der Waals surface area contributed by atoms with Crippen molar-refractivity contribution in [3.05, 3.63) is 66.2 Å². The van der Waals surface area contributed by atoms with Gasteiger partial charge in [-0.1, -0.05) is 18.6 Å². The van der Waals surface area contributed by atoms with Gasteiger partial charge in [-0.15, -0.1) is 6.58 Å². The molecule has 0 saturated carbocycles. The highest BCUT2D eigenvalue weighted by atomic mass is 32.2.